The van der Waals surface area contributed by atoms with E-state index in [-0.39, 0.29) is 17.8 Å². The molecule has 0 fully saturated rings. The topological polar surface area (TPSA) is 136 Å². The van der Waals surface area contributed by atoms with Gasteiger partial charge in [-0.3, -0.25) is 4.79 Å². The lowest BCUT2D eigenvalue weighted by Crippen LogP contribution is -2.52. The van der Waals surface area contributed by atoms with Gasteiger partial charge in [0.05, 0.1) is 28.1 Å². The Morgan fingerprint density at radius 3 is 1.94 bits per heavy atom. The smallest absolute Gasteiger partial charge is 0.353 e. The highest BCUT2D eigenvalue weighted by Gasteiger charge is 2.54. The van der Waals surface area contributed by atoms with Crippen LogP contribution in [-0.2, 0) is 29.4 Å². The van der Waals surface area contributed by atoms with Crippen molar-refractivity contribution < 1.29 is 34.8 Å². The molecule has 0 radical (unpaired) electrons. The Hall–Kier alpha value is -2.55. The Kier molecular flexibility index (Phi) is 15.3. The maximum atomic E-state index is 14.1. The number of hydrogen-bond donors (Lipinski definition) is 2. The fraction of sp³-hybridized carbons (Fsp3) is 0.588. The summed E-state index contributed by atoms with van der Waals surface area (Å²) in [7, 11) is -8.84. The van der Waals surface area contributed by atoms with Crippen molar-refractivity contribution in [2.45, 2.75) is 108 Å². The number of benzene rings is 2. The van der Waals surface area contributed by atoms with Crippen LogP contribution in [0.25, 0.3) is 21.3 Å². The van der Waals surface area contributed by atoms with Crippen LogP contribution in [0.1, 0.15) is 102 Å². The zero-order valence-electron chi connectivity index (χ0n) is 27.6. The highest BCUT2D eigenvalue weighted by atomic mass is 32.2. The van der Waals surface area contributed by atoms with Gasteiger partial charge in [0.2, 0.25) is 20.7 Å². The van der Waals surface area contributed by atoms with Gasteiger partial charge in [-0.1, -0.05) is 120 Å². The van der Waals surface area contributed by atoms with E-state index >= 15 is 0 Å². The number of halogens is 3. The first-order valence-electron chi connectivity index (χ1n) is 16.7. The number of carbonyl (C=O) groups excluding carboxylic acids is 1. The van der Waals surface area contributed by atoms with Crippen molar-refractivity contribution in [2.75, 3.05) is 18.1 Å². The summed E-state index contributed by atoms with van der Waals surface area (Å²) < 4.78 is 89.5. The average Bonchev–Trinajstić information content (AvgIpc) is 3.45. The first-order chi connectivity index (χ1) is 22.7. The van der Waals surface area contributed by atoms with E-state index in [1.54, 1.807) is 12.1 Å². The van der Waals surface area contributed by atoms with E-state index in [4.69, 9.17) is 5.14 Å². The molecule has 2 aromatic carbocycles. The number of sulfonamides is 1. The van der Waals surface area contributed by atoms with Gasteiger partial charge in [0.15, 0.2) is 9.84 Å². The molecule has 0 bridgehead atoms. The van der Waals surface area contributed by atoms with Gasteiger partial charge in [-0.15, -0.1) is 11.3 Å². The lowest BCUT2D eigenvalue weighted by molar-refractivity contribution is -0.130. The minimum Gasteiger partial charge on any atom is -0.353 e. The Morgan fingerprint density at radius 2 is 1.38 bits per heavy atom. The predicted molar refractivity (Wildman–Crippen MR) is 188 cm³/mol. The third-order valence-corrected chi connectivity index (χ3v) is 12.9. The van der Waals surface area contributed by atoms with Gasteiger partial charge in [0.1, 0.15) is 5.01 Å². The lowest BCUT2D eigenvalue weighted by atomic mass is 9.98. The second-order valence-electron chi connectivity index (χ2n) is 12.3. The standard InChI is InChI=1S/C34H48F3N3O5S3/c1-2-3-4-5-6-7-8-9-10-11-12-16-21-33(31(41)39-23-25-48(38,44)45,47(42,43)24-22-34(35,36)37)32-40-29-20-19-28(26-30(29)46-32)27-17-14-13-15-18-27/h13-15,17-20,26H,2-12,16,21-25H2,1H3,(H,39,41)(H2,38,44,45). The number of rotatable bonds is 22. The first-order valence-corrected chi connectivity index (χ1v) is 20.9. The van der Waals surface area contributed by atoms with E-state index in [2.05, 4.69) is 17.2 Å². The second kappa shape index (κ2) is 18.4. The number of alkyl halides is 3. The molecule has 48 heavy (non-hydrogen) atoms. The third kappa shape index (κ3) is 12.1. The first kappa shape index (κ1) is 39.9. The Labute approximate surface area is 287 Å². The summed E-state index contributed by atoms with van der Waals surface area (Å²) in [6.07, 6.45) is 5.24. The second-order valence-corrected chi connectivity index (χ2v) is 17.4. The number of fused-ring (bicyclic) bond motifs is 1. The summed E-state index contributed by atoms with van der Waals surface area (Å²) in [6, 6.07) is 14.7. The van der Waals surface area contributed by atoms with Crippen molar-refractivity contribution in [1.29, 1.82) is 0 Å². The van der Waals surface area contributed by atoms with Crippen LogP contribution in [0.2, 0.25) is 0 Å². The van der Waals surface area contributed by atoms with Crippen molar-refractivity contribution in [3.8, 4) is 11.1 Å². The van der Waals surface area contributed by atoms with Gasteiger partial charge in [-0.2, -0.15) is 13.2 Å². The molecule has 0 aliphatic heterocycles. The molecule has 1 heterocycles. The predicted octanol–water partition coefficient (Wildman–Crippen LogP) is 8.02. The molecule has 3 rings (SSSR count). The Balaban J connectivity index is 1.91. The normalized spacial score (nSPS) is 13.9. The highest BCUT2D eigenvalue weighted by molar-refractivity contribution is 7.93. The van der Waals surface area contributed by atoms with Crippen LogP contribution in [0.5, 0.6) is 0 Å². The summed E-state index contributed by atoms with van der Waals surface area (Å²) in [5, 5.41) is 7.31. The van der Waals surface area contributed by atoms with Crippen LogP contribution in [0, 0.1) is 0 Å². The van der Waals surface area contributed by atoms with Crippen LogP contribution in [-0.4, -0.2) is 52.0 Å². The number of primary sulfonamides is 1. The Bertz CT molecular complexity index is 1660. The molecular formula is C34H48F3N3O5S3. The fourth-order valence-corrected chi connectivity index (χ4v) is 9.72. The molecule has 0 saturated heterocycles. The SMILES string of the molecule is CCCCCCCCCCCCCCC(C(=O)NCCS(N)(=O)=O)(c1nc2ccc(-c3ccccc3)cc2s1)S(=O)(=O)CCC(F)(F)F. The number of hydrogen-bond acceptors (Lipinski definition) is 7. The number of sulfone groups is 1. The number of nitrogens with zero attached hydrogens (tertiary/aromatic N) is 1. The summed E-state index contributed by atoms with van der Waals surface area (Å²) in [6.45, 7) is 1.68. The fourth-order valence-electron chi connectivity index (χ4n) is 5.74. The van der Waals surface area contributed by atoms with Crippen molar-refractivity contribution >= 4 is 47.3 Å². The molecule has 0 aliphatic rings. The molecule has 1 aromatic heterocycles. The van der Waals surface area contributed by atoms with Crippen LogP contribution >= 0.6 is 11.3 Å². The molecular weight excluding hydrogens is 684 g/mol. The summed E-state index contributed by atoms with van der Waals surface area (Å²) in [4.78, 5) is 18.5. The molecule has 0 aliphatic carbocycles. The van der Waals surface area contributed by atoms with Gasteiger partial charge < -0.3 is 5.32 Å². The number of carbonyl (C=O) groups is 1. The van der Waals surface area contributed by atoms with Crippen molar-refractivity contribution in [3.63, 3.8) is 0 Å². The number of unbranched alkanes of at least 4 members (excludes halogenated alkanes) is 11. The Morgan fingerprint density at radius 1 is 0.792 bits per heavy atom. The zero-order chi connectivity index (χ0) is 35.3. The summed E-state index contributed by atoms with van der Waals surface area (Å²) >= 11 is 0.950. The molecule has 1 unspecified atom stereocenters. The molecule has 268 valence electrons. The van der Waals surface area contributed by atoms with Gasteiger partial charge in [0, 0.05) is 6.54 Å². The molecule has 0 saturated carbocycles. The number of amides is 1. The lowest BCUT2D eigenvalue weighted by Gasteiger charge is -2.30. The molecule has 14 heteroatoms. The van der Waals surface area contributed by atoms with E-state index in [9.17, 15) is 34.8 Å². The summed E-state index contributed by atoms with van der Waals surface area (Å²) in [5.41, 5.74) is 2.12. The van der Waals surface area contributed by atoms with Crippen LogP contribution in [0.15, 0.2) is 48.5 Å². The van der Waals surface area contributed by atoms with Gasteiger partial charge >= 0.3 is 6.18 Å². The number of aromatic nitrogens is 1. The minimum absolute atomic E-state index is 0.138. The molecule has 8 nitrogen and oxygen atoms in total. The van der Waals surface area contributed by atoms with Crippen LogP contribution < -0.4 is 10.5 Å². The van der Waals surface area contributed by atoms with Crippen LogP contribution in [0.4, 0.5) is 13.2 Å². The highest BCUT2D eigenvalue weighted by Crippen LogP contribution is 2.43. The summed E-state index contributed by atoms with van der Waals surface area (Å²) in [5.74, 6) is -3.09. The van der Waals surface area contributed by atoms with Crippen molar-refractivity contribution in [2.24, 2.45) is 5.14 Å². The number of thiazole rings is 1. The molecule has 3 N–H and O–H groups in total. The van der Waals surface area contributed by atoms with Crippen molar-refractivity contribution in [1.82, 2.24) is 10.3 Å². The van der Waals surface area contributed by atoms with Gasteiger partial charge in [0.25, 0.3) is 0 Å². The third-order valence-electron chi connectivity index (χ3n) is 8.45. The molecule has 1 atom stereocenters. The maximum absolute atomic E-state index is 14.1. The largest absolute Gasteiger partial charge is 0.390 e. The minimum atomic E-state index is -4.82. The maximum Gasteiger partial charge on any atom is 0.390 e. The average molecular weight is 732 g/mol. The molecule has 0 spiro atoms. The van der Waals surface area contributed by atoms with Crippen molar-refractivity contribution in [3.05, 3.63) is 53.5 Å². The zero-order valence-corrected chi connectivity index (χ0v) is 30.0. The van der Waals surface area contributed by atoms with Gasteiger partial charge in [-0.05, 0) is 29.7 Å². The molecule has 3 aromatic rings. The molecule has 1 amide bonds. The quantitative estimate of drug-likeness (QED) is 0.101. The monoisotopic (exact) mass is 731 g/mol. The van der Waals surface area contributed by atoms with Crippen LogP contribution in [0.3, 0.4) is 0 Å². The van der Waals surface area contributed by atoms with Gasteiger partial charge in [-0.25, -0.2) is 27.0 Å². The van der Waals surface area contributed by atoms with E-state index in [0.29, 0.717) is 16.6 Å². The van der Waals surface area contributed by atoms with E-state index in [1.165, 1.54) is 32.1 Å². The van der Waals surface area contributed by atoms with E-state index < -0.39 is 61.2 Å². The number of nitrogens with two attached hydrogens (primary N) is 1. The van der Waals surface area contributed by atoms with E-state index in [0.717, 1.165) is 54.6 Å². The van der Waals surface area contributed by atoms with E-state index in [1.807, 2.05) is 36.4 Å². The number of nitrogens with one attached hydrogen (secondary N) is 1.